The molecule has 6 nitrogen and oxygen atoms in total. The highest BCUT2D eigenvalue weighted by molar-refractivity contribution is 9.10. The number of methoxy groups -OCH3 is 3. The lowest BCUT2D eigenvalue weighted by Crippen LogP contribution is -2.04. The van der Waals surface area contributed by atoms with Crippen molar-refractivity contribution < 1.29 is 23.7 Å². The van der Waals surface area contributed by atoms with Crippen molar-refractivity contribution in [2.75, 3.05) is 21.3 Å². The number of ether oxygens (including phenoxy) is 3. The Labute approximate surface area is 151 Å². The first-order valence-electron chi connectivity index (χ1n) is 7.25. The van der Waals surface area contributed by atoms with E-state index in [1.165, 1.54) is 21.3 Å². The fraction of sp³-hybridized carbons (Fsp3) is 0.167. The van der Waals surface area contributed by atoms with E-state index in [1.54, 1.807) is 30.3 Å². The van der Waals surface area contributed by atoms with Crippen LogP contribution in [-0.2, 0) is 0 Å². The molecule has 7 heteroatoms. The molecule has 0 unspecified atom stereocenters. The maximum Gasteiger partial charge on any atom is 0.235 e. The van der Waals surface area contributed by atoms with Crippen LogP contribution in [0.1, 0.15) is 0 Å². The first kappa shape index (κ1) is 17.2. The van der Waals surface area contributed by atoms with Gasteiger partial charge in [0.1, 0.15) is 0 Å². The number of halogens is 1. The van der Waals surface area contributed by atoms with E-state index in [0.717, 1.165) is 0 Å². The molecule has 0 atom stereocenters. The molecule has 1 N–H and O–H groups in total. The Morgan fingerprint density at radius 3 is 2.28 bits per heavy atom. The molecule has 3 aromatic rings. The quantitative estimate of drug-likeness (QED) is 0.706. The lowest BCUT2D eigenvalue weighted by Gasteiger charge is -2.12. The van der Waals surface area contributed by atoms with Crippen molar-refractivity contribution in [3.63, 3.8) is 0 Å². The number of aromatic hydroxyl groups is 1. The topological polar surface area (TPSA) is 78.1 Å². The minimum atomic E-state index is -0.550. The highest BCUT2D eigenvalue weighted by Gasteiger charge is 2.19. The summed E-state index contributed by atoms with van der Waals surface area (Å²) in [6.45, 7) is 0. The van der Waals surface area contributed by atoms with E-state index < -0.39 is 11.2 Å². The van der Waals surface area contributed by atoms with Gasteiger partial charge in [0.2, 0.25) is 11.2 Å². The Bertz CT molecular complexity index is 1010. The highest BCUT2D eigenvalue weighted by atomic mass is 79.9. The zero-order chi connectivity index (χ0) is 18.1. The Hall–Kier alpha value is -2.67. The van der Waals surface area contributed by atoms with Crippen LogP contribution in [0.5, 0.6) is 23.0 Å². The molecule has 3 rings (SSSR count). The molecule has 2 aromatic carbocycles. The standard InChI is InChI=1S/C18H15BrO6/c1-22-12-5-4-9(6-13(12)23-2)17-16(21)15(20)11-7-10(19)8-14(24-3)18(11)25-17/h4-8,21H,1-3H3. The molecular weight excluding hydrogens is 392 g/mol. The molecule has 0 aliphatic heterocycles. The van der Waals surface area contributed by atoms with Gasteiger partial charge in [-0.1, -0.05) is 15.9 Å². The van der Waals surface area contributed by atoms with E-state index in [4.69, 9.17) is 18.6 Å². The summed E-state index contributed by atoms with van der Waals surface area (Å²) in [5.41, 5.74) is 0.169. The monoisotopic (exact) mass is 406 g/mol. The third-order valence-corrected chi connectivity index (χ3v) is 4.22. The van der Waals surface area contributed by atoms with Gasteiger partial charge in [0.15, 0.2) is 28.6 Å². The van der Waals surface area contributed by atoms with Gasteiger partial charge in [0.25, 0.3) is 0 Å². The van der Waals surface area contributed by atoms with Crippen LogP contribution in [0.15, 0.2) is 44.0 Å². The lowest BCUT2D eigenvalue weighted by atomic mass is 10.1. The van der Waals surface area contributed by atoms with Gasteiger partial charge in [0.05, 0.1) is 26.7 Å². The van der Waals surface area contributed by atoms with Crippen LogP contribution in [-0.4, -0.2) is 26.4 Å². The molecule has 0 spiro atoms. The molecule has 130 valence electrons. The van der Waals surface area contributed by atoms with Crippen molar-refractivity contribution in [2.45, 2.75) is 0 Å². The van der Waals surface area contributed by atoms with E-state index in [9.17, 15) is 9.90 Å². The number of hydrogen-bond acceptors (Lipinski definition) is 6. The maximum absolute atomic E-state index is 12.6. The van der Waals surface area contributed by atoms with Crippen LogP contribution in [0.3, 0.4) is 0 Å². The second-order valence-corrected chi connectivity index (χ2v) is 6.08. The molecule has 0 aliphatic carbocycles. The van der Waals surface area contributed by atoms with Gasteiger partial charge in [-0.15, -0.1) is 0 Å². The summed E-state index contributed by atoms with van der Waals surface area (Å²) < 4.78 is 22.2. The summed E-state index contributed by atoms with van der Waals surface area (Å²) in [7, 11) is 4.50. The molecule has 0 radical (unpaired) electrons. The van der Waals surface area contributed by atoms with Crippen LogP contribution >= 0.6 is 15.9 Å². The van der Waals surface area contributed by atoms with Crippen LogP contribution < -0.4 is 19.6 Å². The second-order valence-electron chi connectivity index (χ2n) is 5.16. The highest BCUT2D eigenvalue weighted by Crippen LogP contribution is 2.38. The van der Waals surface area contributed by atoms with Crippen molar-refractivity contribution in [1.29, 1.82) is 0 Å². The molecule has 1 heterocycles. The van der Waals surface area contributed by atoms with Gasteiger partial charge in [-0.25, -0.2) is 0 Å². The Kier molecular flexibility index (Phi) is 4.59. The number of fused-ring (bicyclic) bond motifs is 1. The van der Waals surface area contributed by atoms with Crippen molar-refractivity contribution in [3.8, 4) is 34.3 Å². The van der Waals surface area contributed by atoms with Gasteiger partial charge < -0.3 is 23.7 Å². The summed E-state index contributed by atoms with van der Waals surface area (Å²) in [6.07, 6.45) is 0. The molecule has 0 saturated carbocycles. The SMILES string of the molecule is COc1ccc(-c2oc3c(OC)cc(Br)cc3c(=O)c2O)cc1OC. The van der Waals surface area contributed by atoms with Gasteiger partial charge in [-0.2, -0.15) is 0 Å². The largest absolute Gasteiger partial charge is 0.502 e. The molecular formula is C18H15BrO6. The average molecular weight is 407 g/mol. The molecule has 0 fully saturated rings. The minimum Gasteiger partial charge on any atom is -0.502 e. The third-order valence-electron chi connectivity index (χ3n) is 3.76. The first-order valence-corrected chi connectivity index (χ1v) is 8.05. The summed E-state index contributed by atoms with van der Waals surface area (Å²) in [5.74, 6) is 0.891. The molecule has 25 heavy (non-hydrogen) atoms. The molecule has 0 amide bonds. The van der Waals surface area contributed by atoms with Crippen LogP contribution in [0.2, 0.25) is 0 Å². The van der Waals surface area contributed by atoms with E-state index in [1.807, 2.05) is 0 Å². The number of rotatable bonds is 4. The van der Waals surface area contributed by atoms with Crippen molar-refractivity contribution >= 4 is 26.9 Å². The molecule has 0 aliphatic rings. The average Bonchev–Trinajstić information content (AvgIpc) is 2.63. The summed E-state index contributed by atoms with van der Waals surface area (Å²) in [5, 5.41) is 10.6. The maximum atomic E-state index is 12.6. The van der Waals surface area contributed by atoms with Crippen LogP contribution in [0.25, 0.3) is 22.3 Å². The zero-order valence-electron chi connectivity index (χ0n) is 13.8. The van der Waals surface area contributed by atoms with Gasteiger partial charge in [-0.05, 0) is 30.3 Å². The van der Waals surface area contributed by atoms with E-state index in [0.29, 0.717) is 27.3 Å². The van der Waals surface area contributed by atoms with Crippen molar-refractivity contribution in [3.05, 3.63) is 45.0 Å². The lowest BCUT2D eigenvalue weighted by molar-refractivity contribution is 0.355. The summed E-state index contributed by atoms with van der Waals surface area (Å²) >= 11 is 3.31. The van der Waals surface area contributed by atoms with Crippen LogP contribution in [0, 0.1) is 0 Å². The van der Waals surface area contributed by atoms with E-state index >= 15 is 0 Å². The Morgan fingerprint density at radius 1 is 0.960 bits per heavy atom. The zero-order valence-corrected chi connectivity index (χ0v) is 15.3. The van der Waals surface area contributed by atoms with E-state index in [2.05, 4.69) is 15.9 Å². The molecule has 0 bridgehead atoms. The smallest absolute Gasteiger partial charge is 0.235 e. The molecule has 1 aromatic heterocycles. The second kappa shape index (κ2) is 6.68. The van der Waals surface area contributed by atoms with Gasteiger partial charge in [-0.3, -0.25) is 4.79 Å². The molecule has 0 saturated heterocycles. The third kappa shape index (κ3) is 2.91. The number of hydrogen-bond donors (Lipinski definition) is 1. The normalized spacial score (nSPS) is 10.7. The van der Waals surface area contributed by atoms with E-state index in [-0.39, 0.29) is 16.7 Å². The minimum absolute atomic E-state index is 0.0269. The van der Waals surface area contributed by atoms with Crippen LogP contribution in [0.4, 0.5) is 0 Å². The first-order chi connectivity index (χ1) is 12.0. The summed E-state index contributed by atoms with van der Waals surface area (Å²) in [6, 6.07) is 8.20. The predicted molar refractivity (Wildman–Crippen MR) is 96.9 cm³/mol. The van der Waals surface area contributed by atoms with Gasteiger partial charge >= 0.3 is 0 Å². The fourth-order valence-electron chi connectivity index (χ4n) is 2.55. The van der Waals surface area contributed by atoms with Crippen molar-refractivity contribution in [2.24, 2.45) is 0 Å². The van der Waals surface area contributed by atoms with Gasteiger partial charge in [0, 0.05) is 10.0 Å². The summed E-state index contributed by atoms with van der Waals surface area (Å²) in [4.78, 5) is 12.6. The predicted octanol–water partition coefficient (Wildman–Crippen LogP) is 3.95. The Morgan fingerprint density at radius 2 is 1.64 bits per heavy atom. The number of benzene rings is 2. The van der Waals surface area contributed by atoms with Crippen molar-refractivity contribution in [1.82, 2.24) is 0 Å². The Balaban J connectivity index is 2.32. The fourth-order valence-corrected chi connectivity index (χ4v) is 2.99.